The van der Waals surface area contributed by atoms with Crippen LogP contribution in [0, 0.1) is 0 Å². The van der Waals surface area contributed by atoms with Crippen molar-refractivity contribution in [3.63, 3.8) is 0 Å². The number of alkyl halides is 3. The summed E-state index contributed by atoms with van der Waals surface area (Å²) in [6.07, 6.45) is -3.16. The smallest absolute Gasteiger partial charge is 0.433 e. The van der Waals surface area contributed by atoms with Crippen molar-refractivity contribution in [3.8, 4) is 17.2 Å². The molecule has 0 spiro atoms. The summed E-state index contributed by atoms with van der Waals surface area (Å²) in [5.41, 5.74) is 5.40. The van der Waals surface area contributed by atoms with Gasteiger partial charge in [0.25, 0.3) is 5.91 Å². The van der Waals surface area contributed by atoms with E-state index in [1.807, 2.05) is 0 Å². The van der Waals surface area contributed by atoms with Crippen molar-refractivity contribution in [3.05, 3.63) is 41.4 Å². The van der Waals surface area contributed by atoms with Crippen LogP contribution in [0.15, 0.2) is 28.7 Å². The average Bonchev–Trinajstić information content (AvgIpc) is 3.55. The monoisotopic (exact) mass is 532 g/mol. The summed E-state index contributed by atoms with van der Waals surface area (Å²) in [6.45, 7) is 3.70. The molecule has 5 rings (SSSR count). The molecular formula is C25H27F3N6O4. The predicted octanol–water partition coefficient (Wildman–Crippen LogP) is 3.57. The second-order valence-corrected chi connectivity index (χ2v) is 9.40. The Kier molecular flexibility index (Phi) is 6.63. The van der Waals surface area contributed by atoms with E-state index in [1.54, 1.807) is 22.8 Å². The van der Waals surface area contributed by atoms with Crippen molar-refractivity contribution in [2.24, 2.45) is 5.73 Å². The molecule has 4 heterocycles. The van der Waals surface area contributed by atoms with Crippen LogP contribution in [-0.2, 0) is 6.18 Å². The number of urea groups is 1. The molecule has 2 atom stereocenters. The third-order valence-corrected chi connectivity index (χ3v) is 6.83. The van der Waals surface area contributed by atoms with E-state index in [4.69, 9.17) is 14.9 Å². The van der Waals surface area contributed by atoms with Crippen LogP contribution >= 0.6 is 0 Å². The number of rotatable bonds is 5. The number of hydrogen-bond acceptors (Lipinski definition) is 7. The lowest BCUT2D eigenvalue weighted by Gasteiger charge is -2.32. The number of pyridine rings is 1. The standard InChI is InChI=1S/C25H27F3N6O4/c1-13(29)21-20(23(35)33-11-8-14(12-33)34-10-3-9-30-24(34)36)32-22(38-21)16-4-6-17(37-2)19-15(16)5-7-18(31-19)25(26,27)28/h4-7,13-14H,3,8-12,29H2,1-2H3,(H,30,36)/t13-,14?/m0/s1. The summed E-state index contributed by atoms with van der Waals surface area (Å²) >= 11 is 0. The molecular weight excluding hydrogens is 505 g/mol. The predicted molar refractivity (Wildman–Crippen MR) is 130 cm³/mol. The largest absolute Gasteiger partial charge is 0.494 e. The Morgan fingerprint density at radius 1 is 1.24 bits per heavy atom. The quantitative estimate of drug-likeness (QED) is 0.514. The first kappa shape index (κ1) is 25.8. The summed E-state index contributed by atoms with van der Waals surface area (Å²) in [5, 5.41) is 3.14. The van der Waals surface area contributed by atoms with Crippen LogP contribution < -0.4 is 15.8 Å². The number of benzene rings is 1. The van der Waals surface area contributed by atoms with Crippen LogP contribution in [0.4, 0.5) is 18.0 Å². The number of carbonyl (C=O) groups excluding carboxylic acids is 2. The number of nitrogens with two attached hydrogens (primary N) is 1. The zero-order chi connectivity index (χ0) is 27.2. The van der Waals surface area contributed by atoms with Gasteiger partial charge in [0.1, 0.15) is 17.0 Å². The molecule has 2 fully saturated rings. The topological polar surface area (TPSA) is 127 Å². The highest BCUT2D eigenvalue weighted by Crippen LogP contribution is 2.37. The van der Waals surface area contributed by atoms with E-state index in [0.717, 1.165) is 12.5 Å². The normalized spacial score (nSPS) is 19.1. The number of carbonyl (C=O) groups is 2. The van der Waals surface area contributed by atoms with Crippen LogP contribution in [0.3, 0.4) is 0 Å². The molecule has 0 saturated carbocycles. The minimum atomic E-state index is -4.64. The maximum atomic E-state index is 13.5. The van der Waals surface area contributed by atoms with E-state index in [-0.39, 0.29) is 46.6 Å². The van der Waals surface area contributed by atoms with E-state index in [2.05, 4.69) is 15.3 Å². The summed E-state index contributed by atoms with van der Waals surface area (Å²) in [6, 6.07) is 4.27. The lowest BCUT2D eigenvalue weighted by atomic mass is 10.1. The lowest BCUT2D eigenvalue weighted by Crippen LogP contribution is -2.52. The molecule has 3 N–H and O–H groups in total. The molecule has 2 saturated heterocycles. The van der Waals surface area contributed by atoms with E-state index < -0.39 is 17.9 Å². The van der Waals surface area contributed by atoms with Crippen LogP contribution in [0.1, 0.15) is 47.7 Å². The van der Waals surface area contributed by atoms with Crippen molar-refractivity contribution in [1.29, 1.82) is 0 Å². The maximum Gasteiger partial charge on any atom is 0.433 e. The molecule has 3 amide bonds. The first-order chi connectivity index (χ1) is 18.1. The molecule has 2 aliphatic rings. The van der Waals surface area contributed by atoms with Gasteiger partial charge in [0.05, 0.1) is 19.2 Å². The number of oxazole rings is 1. The highest BCUT2D eigenvalue weighted by atomic mass is 19.4. The third kappa shape index (κ3) is 4.62. The van der Waals surface area contributed by atoms with Gasteiger partial charge >= 0.3 is 12.2 Å². The highest BCUT2D eigenvalue weighted by molar-refractivity contribution is 5.98. The summed E-state index contributed by atoms with van der Waals surface area (Å²) in [5.74, 6) is -0.0495. The van der Waals surface area contributed by atoms with Gasteiger partial charge in [0.2, 0.25) is 5.89 Å². The number of nitrogens with one attached hydrogen (secondary N) is 1. The number of methoxy groups -OCH3 is 1. The molecule has 0 aliphatic carbocycles. The fourth-order valence-corrected chi connectivity index (χ4v) is 4.94. The Morgan fingerprint density at radius 3 is 2.71 bits per heavy atom. The number of halogens is 3. The summed E-state index contributed by atoms with van der Waals surface area (Å²) in [7, 11) is 1.34. The zero-order valence-electron chi connectivity index (χ0n) is 20.8. The van der Waals surface area contributed by atoms with Gasteiger partial charge in [-0.1, -0.05) is 0 Å². The molecule has 13 heteroatoms. The van der Waals surface area contributed by atoms with Gasteiger partial charge in [-0.2, -0.15) is 13.2 Å². The molecule has 0 bridgehead atoms. The Bertz CT molecular complexity index is 1390. The highest BCUT2D eigenvalue weighted by Gasteiger charge is 2.37. The summed E-state index contributed by atoms with van der Waals surface area (Å²) < 4.78 is 51.1. The van der Waals surface area contributed by atoms with Gasteiger partial charge in [-0.25, -0.2) is 14.8 Å². The molecule has 202 valence electrons. The van der Waals surface area contributed by atoms with Crippen molar-refractivity contribution in [1.82, 2.24) is 25.1 Å². The first-order valence-corrected chi connectivity index (χ1v) is 12.2. The van der Waals surface area contributed by atoms with Crippen molar-refractivity contribution in [2.45, 2.75) is 38.0 Å². The SMILES string of the molecule is COc1ccc(-c2nc(C(=O)N3CCC(N4CCCNC4=O)C3)c([C@H](C)N)o2)c2ccc(C(F)(F)F)nc12. The third-order valence-electron chi connectivity index (χ3n) is 6.83. The molecule has 38 heavy (non-hydrogen) atoms. The van der Waals surface area contributed by atoms with Gasteiger partial charge in [-0.3, -0.25) is 4.79 Å². The molecule has 2 aromatic heterocycles. The lowest BCUT2D eigenvalue weighted by molar-refractivity contribution is -0.140. The summed E-state index contributed by atoms with van der Waals surface area (Å²) in [4.78, 5) is 37.4. The van der Waals surface area contributed by atoms with Crippen molar-refractivity contribution >= 4 is 22.8 Å². The number of hydrogen-bond donors (Lipinski definition) is 2. The van der Waals surface area contributed by atoms with Crippen LogP contribution in [0.5, 0.6) is 5.75 Å². The van der Waals surface area contributed by atoms with Gasteiger partial charge in [0, 0.05) is 37.1 Å². The van der Waals surface area contributed by atoms with Crippen molar-refractivity contribution < 1.29 is 31.9 Å². The molecule has 2 aliphatic heterocycles. The zero-order valence-corrected chi connectivity index (χ0v) is 20.8. The second-order valence-electron chi connectivity index (χ2n) is 9.40. The average molecular weight is 533 g/mol. The number of likely N-dealkylation sites (tertiary alicyclic amines) is 1. The number of nitrogens with zero attached hydrogens (tertiary/aromatic N) is 4. The maximum absolute atomic E-state index is 13.5. The molecule has 3 aromatic rings. The van der Waals surface area contributed by atoms with Gasteiger partial charge < -0.3 is 30.0 Å². The molecule has 1 unspecified atom stereocenters. The van der Waals surface area contributed by atoms with Crippen LogP contribution in [0.2, 0.25) is 0 Å². The number of fused-ring (bicyclic) bond motifs is 1. The van der Waals surface area contributed by atoms with Crippen molar-refractivity contribution in [2.75, 3.05) is 33.3 Å². The Hall–Kier alpha value is -3.87. The minimum absolute atomic E-state index is 0.0181. The fourth-order valence-electron chi connectivity index (χ4n) is 4.94. The molecule has 10 nitrogen and oxygen atoms in total. The van der Waals surface area contributed by atoms with E-state index >= 15 is 0 Å². The van der Waals surface area contributed by atoms with E-state index in [9.17, 15) is 22.8 Å². The Labute approximate surface area is 215 Å². The number of ether oxygens (including phenoxy) is 1. The molecule has 0 radical (unpaired) electrons. The first-order valence-electron chi connectivity index (χ1n) is 12.2. The van der Waals surface area contributed by atoms with E-state index in [0.29, 0.717) is 43.5 Å². The van der Waals surface area contributed by atoms with Gasteiger partial charge in [-0.05, 0) is 44.0 Å². The second kappa shape index (κ2) is 9.78. The van der Waals surface area contributed by atoms with Gasteiger partial charge in [0.15, 0.2) is 11.5 Å². The Balaban J connectivity index is 1.49. The van der Waals surface area contributed by atoms with Crippen LogP contribution in [0.25, 0.3) is 22.4 Å². The minimum Gasteiger partial charge on any atom is -0.494 e. The molecule has 1 aromatic carbocycles. The Morgan fingerprint density at radius 2 is 2.03 bits per heavy atom. The van der Waals surface area contributed by atoms with E-state index in [1.165, 1.54) is 19.2 Å². The van der Waals surface area contributed by atoms with Gasteiger partial charge in [-0.15, -0.1) is 0 Å². The van der Waals surface area contributed by atoms with Crippen LogP contribution in [-0.4, -0.2) is 71.0 Å². The number of amides is 3. The number of aromatic nitrogens is 2. The fraction of sp³-hybridized carbons (Fsp3) is 0.440.